The Balaban J connectivity index is 1.45. The Kier molecular flexibility index (Phi) is 4.87. The molecule has 0 fully saturated rings. The van der Waals surface area contributed by atoms with Crippen molar-refractivity contribution in [2.75, 3.05) is 0 Å². The van der Waals surface area contributed by atoms with Crippen LogP contribution in [0.5, 0.6) is 0 Å². The highest BCUT2D eigenvalue weighted by Gasteiger charge is 2.18. The summed E-state index contributed by atoms with van der Waals surface area (Å²) in [4.78, 5) is 45.4. The van der Waals surface area contributed by atoms with Gasteiger partial charge in [-0.05, 0) is 11.6 Å². The number of carbonyl (C=O) groups is 1. The van der Waals surface area contributed by atoms with Crippen LogP contribution in [-0.2, 0) is 18.4 Å². The summed E-state index contributed by atoms with van der Waals surface area (Å²) in [5.74, 6) is -0.484. The Hall–Kier alpha value is -4.11. The second kappa shape index (κ2) is 7.86. The second-order valence-electron chi connectivity index (χ2n) is 7.11. The number of nitrogens with one attached hydrogen (secondary N) is 1. The molecule has 0 aliphatic rings. The SMILES string of the molecule is Cn1nc(C(=O)OCc2nc3scc(-c4ccccc4)c3c(=O)[nH]2)c2ccccc2c1=O. The van der Waals surface area contributed by atoms with Gasteiger partial charge in [-0.2, -0.15) is 5.10 Å². The van der Waals surface area contributed by atoms with E-state index in [-0.39, 0.29) is 29.2 Å². The van der Waals surface area contributed by atoms with Gasteiger partial charge in [0.05, 0.1) is 10.8 Å². The first-order chi connectivity index (χ1) is 15.5. The zero-order chi connectivity index (χ0) is 22.2. The fourth-order valence-corrected chi connectivity index (χ4v) is 4.51. The molecule has 158 valence electrons. The molecule has 3 heterocycles. The van der Waals surface area contributed by atoms with E-state index in [1.807, 2.05) is 35.7 Å². The van der Waals surface area contributed by atoms with Crippen molar-refractivity contribution in [3.8, 4) is 11.1 Å². The molecule has 5 rings (SSSR count). The van der Waals surface area contributed by atoms with Crippen molar-refractivity contribution in [3.63, 3.8) is 0 Å². The summed E-state index contributed by atoms with van der Waals surface area (Å²) >= 11 is 1.35. The van der Waals surface area contributed by atoms with Gasteiger partial charge in [0.2, 0.25) is 0 Å². The standard InChI is InChI=1S/C23H16N4O4S/c1-27-22(29)15-10-6-5-9-14(15)19(26-27)23(30)31-11-17-24-20(28)18-16(12-32-21(18)25-17)13-7-3-2-4-8-13/h2-10,12H,11H2,1H3,(H,24,25,28). The van der Waals surface area contributed by atoms with Gasteiger partial charge in [0.1, 0.15) is 17.3 Å². The minimum Gasteiger partial charge on any atom is -0.453 e. The van der Waals surface area contributed by atoms with Crippen molar-refractivity contribution in [2.45, 2.75) is 6.61 Å². The molecule has 0 aliphatic heterocycles. The number of carbonyl (C=O) groups excluding carboxylic acids is 1. The summed E-state index contributed by atoms with van der Waals surface area (Å²) < 4.78 is 6.47. The highest BCUT2D eigenvalue weighted by atomic mass is 32.1. The van der Waals surface area contributed by atoms with Gasteiger partial charge < -0.3 is 9.72 Å². The molecule has 0 saturated carbocycles. The molecule has 1 N–H and O–H groups in total. The molecule has 32 heavy (non-hydrogen) atoms. The van der Waals surface area contributed by atoms with E-state index >= 15 is 0 Å². The van der Waals surface area contributed by atoms with Crippen LogP contribution in [0.25, 0.3) is 32.1 Å². The number of nitrogens with zero attached hydrogens (tertiary/aromatic N) is 3. The molecule has 9 heteroatoms. The number of thiophene rings is 1. The first kappa shape index (κ1) is 19.8. The fourth-order valence-electron chi connectivity index (χ4n) is 3.54. The first-order valence-corrected chi connectivity index (χ1v) is 10.6. The summed E-state index contributed by atoms with van der Waals surface area (Å²) in [6.07, 6.45) is 0. The smallest absolute Gasteiger partial charge is 0.359 e. The Morgan fingerprint density at radius 2 is 1.78 bits per heavy atom. The first-order valence-electron chi connectivity index (χ1n) is 9.72. The lowest BCUT2D eigenvalue weighted by Crippen LogP contribution is -2.24. The predicted octanol–water partition coefficient (Wildman–Crippen LogP) is 3.26. The zero-order valence-electron chi connectivity index (χ0n) is 16.9. The zero-order valence-corrected chi connectivity index (χ0v) is 17.7. The average Bonchev–Trinajstić information content (AvgIpc) is 3.25. The van der Waals surface area contributed by atoms with Crippen molar-refractivity contribution in [1.82, 2.24) is 19.7 Å². The quantitative estimate of drug-likeness (QED) is 0.427. The molecule has 0 amide bonds. The molecule has 0 spiro atoms. The summed E-state index contributed by atoms with van der Waals surface area (Å²) in [6, 6.07) is 16.3. The number of hydrogen-bond acceptors (Lipinski definition) is 7. The molecule has 0 saturated heterocycles. The lowest BCUT2D eigenvalue weighted by atomic mass is 10.1. The monoisotopic (exact) mass is 444 g/mol. The van der Waals surface area contributed by atoms with Crippen LogP contribution in [0.2, 0.25) is 0 Å². The fraction of sp³-hybridized carbons (Fsp3) is 0.0870. The third-order valence-corrected chi connectivity index (χ3v) is 5.94. The van der Waals surface area contributed by atoms with E-state index in [1.54, 1.807) is 24.3 Å². The lowest BCUT2D eigenvalue weighted by Gasteiger charge is -2.08. The van der Waals surface area contributed by atoms with Crippen LogP contribution in [0, 0.1) is 0 Å². The number of esters is 1. The average molecular weight is 444 g/mol. The molecule has 2 aromatic carbocycles. The van der Waals surface area contributed by atoms with Crippen molar-refractivity contribution >= 4 is 38.3 Å². The Morgan fingerprint density at radius 3 is 2.56 bits per heavy atom. The minimum atomic E-state index is -0.712. The van der Waals surface area contributed by atoms with Crippen molar-refractivity contribution in [3.05, 3.63) is 92.2 Å². The van der Waals surface area contributed by atoms with Crippen LogP contribution in [0.1, 0.15) is 16.3 Å². The van der Waals surface area contributed by atoms with Gasteiger partial charge >= 0.3 is 5.97 Å². The van der Waals surface area contributed by atoms with Crippen LogP contribution < -0.4 is 11.1 Å². The molecule has 8 nitrogen and oxygen atoms in total. The van der Waals surface area contributed by atoms with E-state index in [1.165, 1.54) is 18.4 Å². The van der Waals surface area contributed by atoms with Crippen LogP contribution in [0.15, 0.2) is 69.6 Å². The predicted molar refractivity (Wildman–Crippen MR) is 122 cm³/mol. The van der Waals surface area contributed by atoms with Crippen LogP contribution >= 0.6 is 11.3 Å². The summed E-state index contributed by atoms with van der Waals surface area (Å²) in [5.41, 5.74) is 1.16. The van der Waals surface area contributed by atoms with Crippen LogP contribution in [0.4, 0.5) is 0 Å². The van der Waals surface area contributed by atoms with Crippen LogP contribution in [-0.4, -0.2) is 25.7 Å². The maximum absolute atomic E-state index is 12.7. The number of ether oxygens (including phenoxy) is 1. The number of aryl methyl sites for hydroxylation is 1. The Labute approximate surface area is 184 Å². The third kappa shape index (κ3) is 3.38. The number of fused-ring (bicyclic) bond motifs is 2. The summed E-state index contributed by atoms with van der Waals surface area (Å²) in [7, 11) is 1.47. The van der Waals surface area contributed by atoms with Gasteiger partial charge in [-0.25, -0.2) is 14.5 Å². The van der Waals surface area contributed by atoms with E-state index in [9.17, 15) is 14.4 Å². The number of aromatic amines is 1. The second-order valence-corrected chi connectivity index (χ2v) is 7.97. The molecule has 0 radical (unpaired) electrons. The van der Waals surface area contributed by atoms with Crippen molar-refractivity contribution in [2.24, 2.45) is 7.05 Å². The van der Waals surface area contributed by atoms with E-state index in [0.717, 1.165) is 15.8 Å². The molecular weight excluding hydrogens is 428 g/mol. The molecule has 3 aromatic heterocycles. The molecule has 0 bridgehead atoms. The largest absolute Gasteiger partial charge is 0.453 e. The number of aromatic nitrogens is 4. The Morgan fingerprint density at radius 1 is 1.06 bits per heavy atom. The lowest BCUT2D eigenvalue weighted by molar-refractivity contribution is 0.0455. The third-order valence-electron chi connectivity index (χ3n) is 5.07. The van der Waals surface area contributed by atoms with Crippen LogP contribution in [0.3, 0.4) is 0 Å². The number of H-pyrrole nitrogens is 1. The van der Waals surface area contributed by atoms with Crippen molar-refractivity contribution < 1.29 is 9.53 Å². The summed E-state index contributed by atoms with van der Waals surface area (Å²) in [5, 5.41) is 7.22. The van der Waals surface area contributed by atoms with Gasteiger partial charge in [-0.3, -0.25) is 9.59 Å². The van der Waals surface area contributed by atoms with Gasteiger partial charge in [-0.15, -0.1) is 11.3 Å². The number of hydrogen-bond donors (Lipinski definition) is 1. The maximum Gasteiger partial charge on any atom is 0.359 e. The number of benzene rings is 2. The normalized spacial score (nSPS) is 11.2. The molecule has 0 aliphatic carbocycles. The van der Waals surface area contributed by atoms with E-state index in [2.05, 4.69) is 15.1 Å². The number of rotatable bonds is 4. The molecule has 0 atom stereocenters. The van der Waals surface area contributed by atoms with E-state index < -0.39 is 5.97 Å². The van der Waals surface area contributed by atoms with Gasteiger partial charge in [-0.1, -0.05) is 48.5 Å². The van der Waals surface area contributed by atoms with E-state index in [0.29, 0.717) is 21.0 Å². The minimum absolute atomic E-state index is 0.0219. The summed E-state index contributed by atoms with van der Waals surface area (Å²) in [6.45, 7) is -0.235. The highest BCUT2D eigenvalue weighted by molar-refractivity contribution is 7.17. The van der Waals surface area contributed by atoms with Crippen molar-refractivity contribution in [1.29, 1.82) is 0 Å². The van der Waals surface area contributed by atoms with E-state index in [4.69, 9.17) is 4.74 Å². The molecule has 0 unspecified atom stereocenters. The highest BCUT2D eigenvalue weighted by Crippen LogP contribution is 2.30. The molecular formula is C23H16N4O4S. The molecule has 5 aromatic rings. The van der Waals surface area contributed by atoms with Gasteiger partial charge in [0.15, 0.2) is 5.69 Å². The Bertz CT molecular complexity index is 1600. The topological polar surface area (TPSA) is 107 Å². The maximum atomic E-state index is 12.7. The van der Waals surface area contributed by atoms with Gasteiger partial charge in [0.25, 0.3) is 11.1 Å². The van der Waals surface area contributed by atoms with Gasteiger partial charge in [0, 0.05) is 23.4 Å².